The van der Waals surface area contributed by atoms with Crippen molar-refractivity contribution in [3.63, 3.8) is 0 Å². The van der Waals surface area contributed by atoms with Gasteiger partial charge in [0.15, 0.2) is 0 Å². The molecule has 1 aromatic heterocycles. The van der Waals surface area contributed by atoms with Gasteiger partial charge in [0.05, 0.1) is 4.90 Å². The van der Waals surface area contributed by atoms with Crippen LogP contribution in [0.25, 0.3) is 0 Å². The van der Waals surface area contributed by atoms with E-state index in [1.165, 1.54) is 6.92 Å². The molecule has 1 N–H and O–H groups in total. The summed E-state index contributed by atoms with van der Waals surface area (Å²) in [4.78, 5) is -0.0882. The smallest absolute Gasteiger partial charge is 0.329 e. The molecule has 1 heterocycles. The summed E-state index contributed by atoms with van der Waals surface area (Å²) in [7, 11) is -3.83. The molecule has 90 valence electrons. The van der Waals surface area contributed by atoms with Gasteiger partial charge in [0.1, 0.15) is 5.82 Å². The predicted molar refractivity (Wildman–Crippen MR) is 56.2 cm³/mol. The minimum Gasteiger partial charge on any atom is -0.408 e. The first-order chi connectivity index (χ1) is 7.97. The highest BCUT2D eigenvalue weighted by molar-refractivity contribution is 7.92. The first kappa shape index (κ1) is 11.5. The number of sulfonamides is 1. The van der Waals surface area contributed by atoms with Gasteiger partial charge >= 0.3 is 6.01 Å². The van der Waals surface area contributed by atoms with Gasteiger partial charge in [-0.3, -0.25) is 0 Å². The fourth-order valence-electron chi connectivity index (χ4n) is 1.13. The van der Waals surface area contributed by atoms with Crippen LogP contribution < -0.4 is 4.72 Å². The van der Waals surface area contributed by atoms with Crippen LogP contribution in [0.1, 0.15) is 5.89 Å². The van der Waals surface area contributed by atoms with Gasteiger partial charge in [-0.05, 0) is 24.3 Å². The summed E-state index contributed by atoms with van der Waals surface area (Å²) in [5.74, 6) is -0.278. The molecule has 0 atom stereocenters. The van der Waals surface area contributed by atoms with Crippen molar-refractivity contribution in [2.45, 2.75) is 11.8 Å². The van der Waals surface area contributed by atoms with Gasteiger partial charge in [-0.25, -0.2) is 17.5 Å². The Morgan fingerprint density at radius 2 is 1.88 bits per heavy atom. The standard InChI is InChI=1S/C9H8FN3O3S/c1-6-11-12-9(16-6)13-17(14,15)8-4-2-7(10)3-5-8/h2-5H,1H3,(H,12,13). The zero-order chi connectivity index (χ0) is 12.5. The highest BCUT2D eigenvalue weighted by atomic mass is 32.2. The molecule has 0 bridgehead atoms. The molecule has 6 nitrogen and oxygen atoms in total. The number of nitrogens with zero attached hydrogens (tertiary/aromatic N) is 2. The SMILES string of the molecule is Cc1nnc(NS(=O)(=O)c2ccc(F)cc2)o1. The lowest BCUT2D eigenvalue weighted by atomic mass is 10.4. The Morgan fingerprint density at radius 3 is 2.41 bits per heavy atom. The summed E-state index contributed by atoms with van der Waals surface area (Å²) in [6.45, 7) is 1.53. The molecule has 0 amide bonds. The van der Waals surface area contributed by atoms with E-state index in [4.69, 9.17) is 4.42 Å². The number of rotatable bonds is 3. The number of nitrogens with one attached hydrogen (secondary N) is 1. The summed E-state index contributed by atoms with van der Waals surface area (Å²) in [5, 5.41) is 6.97. The van der Waals surface area contributed by atoms with Crippen molar-refractivity contribution in [3.8, 4) is 0 Å². The molecule has 0 saturated carbocycles. The lowest BCUT2D eigenvalue weighted by Crippen LogP contribution is -2.13. The van der Waals surface area contributed by atoms with Crippen LogP contribution in [0.3, 0.4) is 0 Å². The fraction of sp³-hybridized carbons (Fsp3) is 0.111. The summed E-state index contributed by atoms with van der Waals surface area (Å²) in [6.07, 6.45) is 0. The molecule has 8 heteroatoms. The number of hydrogen-bond donors (Lipinski definition) is 1. The van der Waals surface area contributed by atoms with E-state index in [0.717, 1.165) is 24.3 Å². The Balaban J connectivity index is 2.28. The number of halogens is 1. The zero-order valence-corrected chi connectivity index (χ0v) is 9.53. The molecule has 17 heavy (non-hydrogen) atoms. The van der Waals surface area contributed by atoms with Crippen LogP contribution in [0.5, 0.6) is 0 Å². The van der Waals surface area contributed by atoms with Crippen LogP contribution in [0.2, 0.25) is 0 Å². The Bertz CT molecular complexity index is 621. The van der Waals surface area contributed by atoms with Crippen molar-refractivity contribution in [1.29, 1.82) is 0 Å². The van der Waals surface area contributed by atoms with E-state index >= 15 is 0 Å². The molecule has 2 rings (SSSR count). The van der Waals surface area contributed by atoms with E-state index < -0.39 is 15.8 Å². The van der Waals surface area contributed by atoms with E-state index in [1.807, 2.05) is 0 Å². The first-order valence-electron chi connectivity index (χ1n) is 4.56. The quantitative estimate of drug-likeness (QED) is 0.896. The average molecular weight is 257 g/mol. The Kier molecular flexibility index (Phi) is 2.80. The Morgan fingerprint density at radius 1 is 1.24 bits per heavy atom. The largest absolute Gasteiger partial charge is 0.408 e. The molecule has 0 aliphatic rings. The average Bonchev–Trinajstić information content (AvgIpc) is 2.63. The number of benzene rings is 1. The number of hydrogen-bond acceptors (Lipinski definition) is 5. The Labute approximate surface area is 96.5 Å². The maximum absolute atomic E-state index is 12.6. The summed E-state index contributed by atoms with van der Waals surface area (Å²) in [5.41, 5.74) is 0. The van der Waals surface area contributed by atoms with Crippen molar-refractivity contribution in [2.75, 3.05) is 4.72 Å². The third kappa shape index (κ3) is 2.59. The monoisotopic (exact) mass is 257 g/mol. The third-order valence-electron chi connectivity index (χ3n) is 1.87. The maximum atomic E-state index is 12.6. The van der Waals surface area contributed by atoms with Crippen LogP contribution in [-0.4, -0.2) is 18.6 Å². The molecule has 0 saturated heterocycles. The summed E-state index contributed by atoms with van der Waals surface area (Å²) >= 11 is 0. The maximum Gasteiger partial charge on any atom is 0.329 e. The third-order valence-corrected chi connectivity index (χ3v) is 3.21. The Hall–Kier alpha value is -1.96. The second-order valence-electron chi connectivity index (χ2n) is 3.19. The number of aryl methyl sites for hydroxylation is 1. The van der Waals surface area contributed by atoms with Crippen molar-refractivity contribution in [2.24, 2.45) is 0 Å². The minimum absolute atomic E-state index is 0.0882. The van der Waals surface area contributed by atoms with E-state index in [2.05, 4.69) is 14.9 Å². The fourth-order valence-corrected chi connectivity index (χ4v) is 2.05. The molecular formula is C9H8FN3O3S. The van der Waals surface area contributed by atoms with Crippen LogP contribution in [0.4, 0.5) is 10.4 Å². The molecule has 0 spiro atoms. The van der Waals surface area contributed by atoms with Crippen molar-refractivity contribution in [3.05, 3.63) is 36.0 Å². The molecule has 0 aliphatic heterocycles. The first-order valence-corrected chi connectivity index (χ1v) is 6.04. The van der Waals surface area contributed by atoms with Crippen molar-refractivity contribution < 1.29 is 17.2 Å². The van der Waals surface area contributed by atoms with Gasteiger partial charge < -0.3 is 4.42 Å². The second kappa shape index (κ2) is 4.13. The molecule has 1 aromatic carbocycles. The lowest BCUT2D eigenvalue weighted by molar-refractivity contribution is 0.534. The number of anilines is 1. The van der Waals surface area contributed by atoms with Gasteiger partial charge in [-0.15, -0.1) is 5.10 Å². The van der Waals surface area contributed by atoms with E-state index in [-0.39, 0.29) is 16.8 Å². The molecule has 0 unspecified atom stereocenters. The lowest BCUT2D eigenvalue weighted by Gasteiger charge is -2.03. The van der Waals surface area contributed by atoms with Crippen LogP contribution in [-0.2, 0) is 10.0 Å². The van der Waals surface area contributed by atoms with Gasteiger partial charge in [0.2, 0.25) is 5.89 Å². The van der Waals surface area contributed by atoms with Crippen LogP contribution in [0, 0.1) is 12.7 Å². The normalized spacial score (nSPS) is 11.4. The van der Waals surface area contributed by atoms with Crippen LogP contribution in [0.15, 0.2) is 33.6 Å². The summed E-state index contributed by atoms with van der Waals surface area (Å²) < 4.78 is 43.1. The molecule has 0 radical (unpaired) electrons. The summed E-state index contributed by atoms with van der Waals surface area (Å²) in [6, 6.07) is 4.15. The highest BCUT2D eigenvalue weighted by Crippen LogP contribution is 2.14. The minimum atomic E-state index is -3.83. The van der Waals surface area contributed by atoms with Crippen molar-refractivity contribution in [1.82, 2.24) is 10.2 Å². The molecule has 0 aliphatic carbocycles. The van der Waals surface area contributed by atoms with E-state index in [0.29, 0.717) is 0 Å². The zero-order valence-electron chi connectivity index (χ0n) is 8.71. The van der Waals surface area contributed by atoms with Gasteiger partial charge in [0.25, 0.3) is 10.0 Å². The predicted octanol–water partition coefficient (Wildman–Crippen LogP) is 1.32. The van der Waals surface area contributed by atoms with Gasteiger partial charge in [-0.1, -0.05) is 5.10 Å². The second-order valence-corrected chi connectivity index (χ2v) is 4.87. The van der Waals surface area contributed by atoms with Crippen molar-refractivity contribution >= 4 is 16.0 Å². The van der Waals surface area contributed by atoms with Crippen LogP contribution >= 0.6 is 0 Å². The van der Waals surface area contributed by atoms with Gasteiger partial charge in [0, 0.05) is 6.92 Å². The molecule has 2 aromatic rings. The van der Waals surface area contributed by atoms with Gasteiger partial charge in [-0.2, -0.15) is 0 Å². The highest BCUT2D eigenvalue weighted by Gasteiger charge is 2.17. The van der Waals surface area contributed by atoms with E-state index in [1.54, 1.807) is 0 Å². The topological polar surface area (TPSA) is 85.1 Å². The molecular weight excluding hydrogens is 249 g/mol. The van der Waals surface area contributed by atoms with E-state index in [9.17, 15) is 12.8 Å². The molecule has 0 fully saturated rings. The number of aromatic nitrogens is 2.